The van der Waals surface area contributed by atoms with E-state index in [1.807, 2.05) is 0 Å². The van der Waals surface area contributed by atoms with Crippen LogP contribution in [0.3, 0.4) is 0 Å². The number of carbonyl (C=O) groups is 2. The second-order valence-corrected chi connectivity index (χ2v) is 7.05. The smallest absolute Gasteiger partial charge is 0.283 e. The molecule has 0 radical (unpaired) electrons. The third-order valence-corrected chi connectivity index (χ3v) is 4.92. The van der Waals surface area contributed by atoms with Crippen molar-refractivity contribution in [1.82, 2.24) is 9.55 Å². The number of benzene rings is 2. The van der Waals surface area contributed by atoms with Gasteiger partial charge in [0.05, 0.1) is 9.82 Å². The van der Waals surface area contributed by atoms with Crippen LogP contribution in [0.4, 0.5) is 11.4 Å². The summed E-state index contributed by atoms with van der Waals surface area (Å²) >= 11 is 1.20. The molecule has 0 bridgehead atoms. The van der Waals surface area contributed by atoms with E-state index in [2.05, 4.69) is 10.3 Å². The number of hydrogen-bond acceptors (Lipinski definition) is 6. The topological polar surface area (TPSA) is 107 Å². The Hall–Kier alpha value is -3.46. The van der Waals surface area contributed by atoms with Crippen LogP contribution in [0, 0.1) is 10.1 Å². The zero-order valence-electron chi connectivity index (χ0n) is 15.1. The fourth-order valence-electron chi connectivity index (χ4n) is 2.54. The molecule has 142 valence electrons. The quantitative estimate of drug-likeness (QED) is 0.387. The summed E-state index contributed by atoms with van der Waals surface area (Å²) in [7, 11) is 1.68. The molecule has 1 N–H and O–H groups in total. The van der Waals surface area contributed by atoms with Gasteiger partial charge in [-0.15, -0.1) is 0 Å². The Morgan fingerprint density at radius 2 is 1.89 bits per heavy atom. The number of hydrogen-bond donors (Lipinski definition) is 1. The van der Waals surface area contributed by atoms with Gasteiger partial charge < -0.3 is 9.88 Å². The minimum absolute atomic E-state index is 0.156. The lowest BCUT2D eigenvalue weighted by atomic mass is 10.1. The molecule has 1 amide bonds. The first-order valence-electron chi connectivity index (χ1n) is 8.21. The van der Waals surface area contributed by atoms with Crippen molar-refractivity contribution in [2.24, 2.45) is 7.05 Å². The van der Waals surface area contributed by atoms with Crippen LogP contribution in [0.15, 0.2) is 64.6 Å². The molecule has 0 atom stereocenters. The fraction of sp³-hybridized carbons (Fsp3) is 0.105. The van der Waals surface area contributed by atoms with Gasteiger partial charge in [-0.2, -0.15) is 0 Å². The van der Waals surface area contributed by atoms with E-state index in [1.165, 1.54) is 30.9 Å². The predicted molar refractivity (Wildman–Crippen MR) is 105 cm³/mol. The normalized spacial score (nSPS) is 10.5. The molecule has 28 heavy (non-hydrogen) atoms. The van der Waals surface area contributed by atoms with E-state index in [4.69, 9.17) is 0 Å². The number of ketones is 1. The van der Waals surface area contributed by atoms with E-state index in [1.54, 1.807) is 54.2 Å². The van der Waals surface area contributed by atoms with E-state index < -0.39 is 4.92 Å². The van der Waals surface area contributed by atoms with E-state index in [0.29, 0.717) is 10.6 Å². The van der Waals surface area contributed by atoms with Gasteiger partial charge in [0.2, 0.25) is 11.7 Å². The Balaban J connectivity index is 1.87. The summed E-state index contributed by atoms with van der Waals surface area (Å²) < 4.78 is 1.56. The summed E-state index contributed by atoms with van der Waals surface area (Å²) in [5.41, 5.74) is 0.685. The molecule has 0 aliphatic heterocycles. The number of nitrogens with one attached hydrogen (secondary N) is 1. The molecule has 1 aromatic heterocycles. The Bertz CT molecular complexity index is 1060. The highest BCUT2D eigenvalue weighted by molar-refractivity contribution is 7.99. The average Bonchev–Trinajstić information content (AvgIpc) is 3.08. The second kappa shape index (κ2) is 8.05. The molecule has 0 spiro atoms. The van der Waals surface area contributed by atoms with Crippen molar-refractivity contribution in [3.8, 4) is 0 Å². The van der Waals surface area contributed by atoms with Crippen LogP contribution in [-0.2, 0) is 11.8 Å². The number of carbonyl (C=O) groups excluding carboxylic acids is 2. The van der Waals surface area contributed by atoms with Crippen molar-refractivity contribution in [2.45, 2.75) is 16.7 Å². The molecule has 0 aliphatic carbocycles. The lowest BCUT2D eigenvalue weighted by Gasteiger charge is -2.07. The van der Waals surface area contributed by atoms with Crippen molar-refractivity contribution >= 4 is 34.8 Å². The zero-order chi connectivity index (χ0) is 20.3. The first-order chi connectivity index (χ1) is 13.3. The van der Waals surface area contributed by atoms with Crippen LogP contribution in [0.1, 0.15) is 23.1 Å². The largest absolute Gasteiger partial charge is 0.331 e. The molecule has 2 aromatic carbocycles. The van der Waals surface area contributed by atoms with E-state index >= 15 is 0 Å². The van der Waals surface area contributed by atoms with Crippen molar-refractivity contribution in [3.05, 3.63) is 76.4 Å². The summed E-state index contributed by atoms with van der Waals surface area (Å²) in [6.07, 6.45) is 3.13. The number of nitro benzene ring substituents is 1. The van der Waals surface area contributed by atoms with Crippen molar-refractivity contribution < 1.29 is 14.5 Å². The molecular weight excluding hydrogens is 380 g/mol. The van der Waals surface area contributed by atoms with Crippen LogP contribution in [-0.4, -0.2) is 26.2 Å². The zero-order valence-corrected chi connectivity index (χ0v) is 15.9. The molecule has 3 aromatic rings. The molecule has 3 rings (SSSR count). The second-order valence-electron chi connectivity index (χ2n) is 5.94. The highest BCUT2D eigenvalue weighted by Gasteiger charge is 2.21. The number of aryl methyl sites for hydroxylation is 1. The van der Waals surface area contributed by atoms with Gasteiger partial charge >= 0.3 is 0 Å². The van der Waals surface area contributed by atoms with Gasteiger partial charge in [-0.1, -0.05) is 11.8 Å². The van der Waals surface area contributed by atoms with Gasteiger partial charge in [0.15, 0.2) is 5.82 Å². The van der Waals surface area contributed by atoms with Gasteiger partial charge in [0.1, 0.15) is 0 Å². The highest BCUT2D eigenvalue weighted by Crippen LogP contribution is 2.36. The first kappa shape index (κ1) is 19.3. The fourth-order valence-corrected chi connectivity index (χ4v) is 3.44. The Labute approximate surface area is 164 Å². The highest BCUT2D eigenvalue weighted by atomic mass is 32.2. The van der Waals surface area contributed by atoms with Crippen LogP contribution >= 0.6 is 11.8 Å². The molecule has 0 saturated heterocycles. The first-order valence-corrected chi connectivity index (χ1v) is 9.03. The molecular formula is C19H16N4O4S. The van der Waals surface area contributed by atoms with Crippen LogP contribution in [0.2, 0.25) is 0 Å². The summed E-state index contributed by atoms with van der Waals surface area (Å²) in [5, 5.41) is 14.2. The van der Waals surface area contributed by atoms with Crippen LogP contribution < -0.4 is 5.32 Å². The minimum Gasteiger partial charge on any atom is -0.331 e. The lowest BCUT2D eigenvalue weighted by molar-refractivity contribution is -0.387. The van der Waals surface area contributed by atoms with Gasteiger partial charge in [-0.3, -0.25) is 19.7 Å². The van der Waals surface area contributed by atoms with Gasteiger partial charge in [-0.05, 0) is 36.4 Å². The van der Waals surface area contributed by atoms with Gasteiger partial charge in [0, 0.05) is 48.6 Å². The van der Waals surface area contributed by atoms with E-state index in [9.17, 15) is 19.7 Å². The maximum absolute atomic E-state index is 12.6. The van der Waals surface area contributed by atoms with E-state index in [0.717, 1.165) is 4.90 Å². The van der Waals surface area contributed by atoms with Gasteiger partial charge in [-0.25, -0.2) is 4.98 Å². The predicted octanol–water partition coefficient (Wildman–Crippen LogP) is 3.67. The van der Waals surface area contributed by atoms with Crippen LogP contribution in [0.5, 0.6) is 0 Å². The van der Waals surface area contributed by atoms with Crippen LogP contribution in [0.25, 0.3) is 0 Å². The summed E-state index contributed by atoms with van der Waals surface area (Å²) in [5.74, 6) is -0.348. The molecule has 1 heterocycles. The molecule has 8 nitrogen and oxygen atoms in total. The Morgan fingerprint density at radius 1 is 1.18 bits per heavy atom. The molecule has 0 aliphatic rings. The number of rotatable bonds is 6. The molecule has 0 fully saturated rings. The number of anilines is 1. The standard InChI is InChI=1S/C19H16N4O4S/c1-12(24)21-14-4-6-15(7-5-14)28-17-8-3-13(11-16(17)23(26)27)18(25)19-20-9-10-22(19)2/h3-11H,1-2H3,(H,21,24). The number of amides is 1. The summed E-state index contributed by atoms with van der Waals surface area (Å²) in [6.45, 7) is 1.42. The Kier molecular flexibility index (Phi) is 5.55. The number of aromatic nitrogens is 2. The molecule has 0 unspecified atom stereocenters. The maximum Gasteiger partial charge on any atom is 0.283 e. The number of nitrogens with zero attached hydrogens (tertiary/aromatic N) is 3. The molecule has 9 heteroatoms. The molecule has 0 saturated carbocycles. The third-order valence-electron chi connectivity index (χ3n) is 3.84. The SMILES string of the molecule is CC(=O)Nc1ccc(Sc2ccc(C(=O)c3nccn3C)cc2[N+](=O)[O-])cc1. The Morgan fingerprint density at radius 3 is 2.46 bits per heavy atom. The monoisotopic (exact) mass is 396 g/mol. The minimum atomic E-state index is -0.511. The third kappa shape index (κ3) is 4.26. The average molecular weight is 396 g/mol. The summed E-state index contributed by atoms with van der Waals surface area (Å²) in [6, 6.07) is 11.3. The van der Waals surface area contributed by atoms with E-state index in [-0.39, 0.29) is 28.8 Å². The summed E-state index contributed by atoms with van der Waals surface area (Å²) in [4.78, 5) is 39.8. The maximum atomic E-state index is 12.6. The lowest BCUT2D eigenvalue weighted by Crippen LogP contribution is -2.09. The number of imidazole rings is 1. The number of nitro groups is 1. The van der Waals surface area contributed by atoms with Crippen molar-refractivity contribution in [3.63, 3.8) is 0 Å². The van der Waals surface area contributed by atoms with Gasteiger partial charge in [0.25, 0.3) is 5.69 Å². The van der Waals surface area contributed by atoms with Crippen molar-refractivity contribution in [2.75, 3.05) is 5.32 Å². The van der Waals surface area contributed by atoms with Crippen molar-refractivity contribution in [1.29, 1.82) is 0 Å².